The highest BCUT2D eigenvalue weighted by Crippen LogP contribution is 2.28. The highest BCUT2D eigenvalue weighted by Gasteiger charge is 2.23. The second-order valence-electron chi connectivity index (χ2n) is 8.34. The fraction of sp³-hybridized carbons (Fsp3) is 0.346. The van der Waals surface area contributed by atoms with Crippen LogP contribution in [-0.2, 0) is 6.54 Å². The molecule has 3 aromatic carbocycles. The van der Waals surface area contributed by atoms with Crippen molar-refractivity contribution < 1.29 is 4.74 Å². The fourth-order valence-electron chi connectivity index (χ4n) is 4.11. The molecule has 178 valence electrons. The Balaban J connectivity index is 1.53. The molecule has 8 nitrogen and oxygen atoms in total. The van der Waals surface area contributed by atoms with Crippen LogP contribution in [0.3, 0.4) is 0 Å². The quantitative estimate of drug-likeness (QED) is 0.328. The Kier molecular flexibility index (Phi) is 6.98. The van der Waals surface area contributed by atoms with Crippen LogP contribution in [0, 0.1) is 0 Å². The average molecular weight is 462 g/mol. The van der Waals surface area contributed by atoms with Gasteiger partial charge in [0.25, 0.3) is 10.9 Å². The lowest BCUT2D eigenvalue weighted by Crippen LogP contribution is -2.37. The number of anilines is 3. The predicted molar refractivity (Wildman–Crippen MR) is 137 cm³/mol. The van der Waals surface area contributed by atoms with Gasteiger partial charge in [0.1, 0.15) is 17.1 Å². The number of fused-ring (bicyclic) bond motifs is 1. The maximum Gasteiger partial charge on any atom is 0.253 e. The van der Waals surface area contributed by atoms with Gasteiger partial charge in [-0.2, -0.15) is 0 Å². The number of hydrogen-bond donors (Lipinski definition) is 2. The van der Waals surface area contributed by atoms with Crippen LogP contribution in [0.4, 0.5) is 17.1 Å². The Morgan fingerprint density at radius 2 is 1.82 bits per heavy atom. The molecule has 0 spiro atoms. The first-order valence-electron chi connectivity index (χ1n) is 11.6. The van der Waals surface area contributed by atoms with Gasteiger partial charge in [0.15, 0.2) is 0 Å². The van der Waals surface area contributed by atoms with Crippen LogP contribution in [0.5, 0.6) is 5.75 Å². The van der Waals surface area contributed by atoms with Gasteiger partial charge >= 0.3 is 0 Å². The van der Waals surface area contributed by atoms with Crippen molar-refractivity contribution in [3.8, 4) is 5.75 Å². The van der Waals surface area contributed by atoms with E-state index in [-0.39, 0.29) is 11.7 Å². The van der Waals surface area contributed by atoms with Crippen LogP contribution < -0.4 is 26.2 Å². The van der Waals surface area contributed by atoms with Crippen LogP contribution in [0.25, 0.3) is 11.0 Å². The molecule has 0 saturated carbocycles. The fourth-order valence-corrected chi connectivity index (χ4v) is 4.11. The number of ether oxygens (including phenoxy) is 1. The van der Waals surface area contributed by atoms with Gasteiger partial charge in [0.2, 0.25) is 0 Å². The summed E-state index contributed by atoms with van der Waals surface area (Å²) in [6.07, 6.45) is 1.85. The van der Waals surface area contributed by atoms with Crippen molar-refractivity contribution in [3.05, 3.63) is 74.8 Å². The molecular weight excluding hydrogens is 430 g/mol. The number of nitrogens with one attached hydrogen (secondary N) is 2. The Morgan fingerprint density at radius 3 is 2.56 bits per heavy atom. The molecule has 1 atom stereocenters. The van der Waals surface area contributed by atoms with E-state index in [1.54, 1.807) is 7.11 Å². The number of aromatic nitrogens is 2. The van der Waals surface area contributed by atoms with Crippen molar-refractivity contribution >= 4 is 28.1 Å². The first-order valence-corrected chi connectivity index (χ1v) is 11.6. The van der Waals surface area contributed by atoms with Crippen LogP contribution in [0.15, 0.2) is 58.4 Å². The zero-order chi connectivity index (χ0) is 24.2. The SMILES string of the molecule is CCN(CC)CCn1cnc2ccc(Nc3c(NC(C)c4cccc(OC)c4)c(=O)c3=O)cc21. The third-order valence-electron chi connectivity index (χ3n) is 6.31. The normalized spacial score (nSPS) is 12.4. The van der Waals surface area contributed by atoms with Gasteiger partial charge in [-0.05, 0) is 55.9 Å². The van der Waals surface area contributed by atoms with Crippen LogP contribution >= 0.6 is 0 Å². The largest absolute Gasteiger partial charge is 0.497 e. The second kappa shape index (κ2) is 10.1. The molecule has 0 aliphatic heterocycles. The van der Waals surface area contributed by atoms with Gasteiger partial charge in [-0.15, -0.1) is 0 Å². The lowest BCUT2D eigenvalue weighted by molar-refractivity contribution is 0.292. The average Bonchev–Trinajstić information content (AvgIpc) is 3.28. The van der Waals surface area contributed by atoms with Crippen molar-refractivity contribution in [1.82, 2.24) is 14.5 Å². The molecule has 4 rings (SSSR count). The van der Waals surface area contributed by atoms with E-state index in [1.807, 2.05) is 55.7 Å². The standard InChI is InChI=1S/C26H31N5O3/c1-5-30(6-2)12-13-31-16-27-21-11-10-19(15-22(21)31)29-24-23(25(32)26(24)33)28-17(3)18-8-7-9-20(14-18)34-4/h7-11,14-17,28-29H,5-6,12-13H2,1-4H3. The Labute approximate surface area is 198 Å². The summed E-state index contributed by atoms with van der Waals surface area (Å²) < 4.78 is 7.40. The maximum absolute atomic E-state index is 12.4. The number of hydrogen-bond acceptors (Lipinski definition) is 7. The van der Waals surface area contributed by atoms with E-state index in [2.05, 4.69) is 38.9 Å². The van der Waals surface area contributed by atoms with Gasteiger partial charge in [-0.25, -0.2) is 4.98 Å². The Bertz CT molecular complexity index is 1350. The summed E-state index contributed by atoms with van der Waals surface area (Å²) in [5.74, 6) is 0.736. The summed E-state index contributed by atoms with van der Waals surface area (Å²) >= 11 is 0. The molecule has 0 amide bonds. The molecule has 4 aromatic rings. The summed E-state index contributed by atoms with van der Waals surface area (Å²) in [7, 11) is 1.61. The molecule has 1 aromatic heterocycles. The van der Waals surface area contributed by atoms with Crippen molar-refractivity contribution in [2.45, 2.75) is 33.4 Å². The topological polar surface area (TPSA) is 88.5 Å². The van der Waals surface area contributed by atoms with Crippen LogP contribution in [0.1, 0.15) is 32.4 Å². The van der Waals surface area contributed by atoms with Gasteiger partial charge in [-0.1, -0.05) is 26.0 Å². The molecule has 1 unspecified atom stereocenters. The van der Waals surface area contributed by atoms with Gasteiger partial charge in [-0.3, -0.25) is 9.59 Å². The minimum Gasteiger partial charge on any atom is -0.497 e. The summed E-state index contributed by atoms with van der Waals surface area (Å²) in [5.41, 5.74) is 3.12. The summed E-state index contributed by atoms with van der Waals surface area (Å²) in [5, 5.41) is 6.35. The summed E-state index contributed by atoms with van der Waals surface area (Å²) in [6.45, 7) is 10.0. The second-order valence-corrected chi connectivity index (χ2v) is 8.34. The molecule has 2 N–H and O–H groups in total. The van der Waals surface area contributed by atoms with Crippen LogP contribution in [0.2, 0.25) is 0 Å². The molecule has 0 bridgehead atoms. The number of methoxy groups -OCH3 is 1. The minimum absolute atomic E-state index is 0.178. The van der Waals surface area contributed by atoms with Crippen LogP contribution in [-0.4, -0.2) is 41.2 Å². The molecule has 0 saturated heterocycles. The highest BCUT2D eigenvalue weighted by atomic mass is 16.5. The third kappa shape index (κ3) is 4.68. The van der Waals surface area contributed by atoms with E-state index in [4.69, 9.17) is 4.74 Å². The molecular formula is C26H31N5O3. The van der Waals surface area contributed by atoms with E-state index in [9.17, 15) is 9.59 Å². The first-order chi connectivity index (χ1) is 16.4. The lowest BCUT2D eigenvalue weighted by Gasteiger charge is -2.20. The number of imidazole rings is 1. The van der Waals surface area contributed by atoms with Gasteiger partial charge < -0.3 is 24.8 Å². The molecule has 0 aliphatic carbocycles. The molecule has 0 radical (unpaired) electrons. The zero-order valence-corrected chi connectivity index (χ0v) is 20.1. The highest BCUT2D eigenvalue weighted by molar-refractivity contribution is 5.84. The van der Waals surface area contributed by atoms with Crippen molar-refractivity contribution in [1.29, 1.82) is 0 Å². The molecule has 1 heterocycles. The first kappa shape index (κ1) is 23.5. The lowest BCUT2D eigenvalue weighted by atomic mass is 10.1. The molecule has 8 heteroatoms. The van der Waals surface area contributed by atoms with E-state index in [0.29, 0.717) is 5.69 Å². The maximum atomic E-state index is 12.4. The van der Waals surface area contributed by atoms with Crippen molar-refractivity contribution in [3.63, 3.8) is 0 Å². The van der Waals surface area contributed by atoms with E-state index >= 15 is 0 Å². The number of likely N-dealkylation sites (N-methyl/N-ethyl adjacent to an activating group) is 1. The van der Waals surface area contributed by atoms with E-state index in [1.165, 1.54) is 0 Å². The number of benzene rings is 2. The zero-order valence-electron chi connectivity index (χ0n) is 20.1. The Morgan fingerprint density at radius 1 is 1.06 bits per heavy atom. The molecule has 0 fully saturated rings. The molecule has 34 heavy (non-hydrogen) atoms. The Hall–Kier alpha value is -3.65. The number of rotatable bonds is 11. The van der Waals surface area contributed by atoms with Crippen molar-refractivity contribution in [2.75, 3.05) is 37.4 Å². The minimum atomic E-state index is -0.518. The van der Waals surface area contributed by atoms with E-state index < -0.39 is 10.9 Å². The van der Waals surface area contributed by atoms with Gasteiger partial charge in [0, 0.05) is 24.8 Å². The third-order valence-corrected chi connectivity index (χ3v) is 6.31. The molecule has 0 aliphatic rings. The number of nitrogens with zero attached hydrogens (tertiary/aromatic N) is 3. The monoisotopic (exact) mass is 461 g/mol. The smallest absolute Gasteiger partial charge is 0.253 e. The predicted octanol–water partition coefficient (Wildman–Crippen LogP) is 3.90. The summed E-state index contributed by atoms with van der Waals surface area (Å²) in [4.78, 5) is 31.5. The van der Waals surface area contributed by atoms with Crippen molar-refractivity contribution in [2.24, 2.45) is 0 Å². The summed E-state index contributed by atoms with van der Waals surface area (Å²) in [6, 6.07) is 13.2. The van der Waals surface area contributed by atoms with E-state index in [0.717, 1.165) is 54.2 Å². The van der Waals surface area contributed by atoms with Gasteiger partial charge in [0.05, 0.1) is 24.5 Å².